The summed E-state index contributed by atoms with van der Waals surface area (Å²) in [6.07, 6.45) is 0.532. The van der Waals surface area contributed by atoms with E-state index in [1.165, 1.54) is 12.1 Å². The molecular formula is C10H12ClFN2O. The van der Waals surface area contributed by atoms with Crippen molar-refractivity contribution in [3.05, 3.63) is 29.0 Å². The van der Waals surface area contributed by atoms with Crippen LogP contribution in [0.3, 0.4) is 0 Å². The van der Waals surface area contributed by atoms with E-state index in [0.29, 0.717) is 12.1 Å². The molecule has 1 rings (SSSR count). The largest absolute Gasteiger partial charge is 0.323 e. The fourth-order valence-electron chi connectivity index (χ4n) is 1.00. The molecule has 0 saturated carbocycles. The van der Waals surface area contributed by atoms with E-state index < -0.39 is 11.9 Å². The van der Waals surface area contributed by atoms with Crippen LogP contribution in [-0.2, 0) is 4.79 Å². The average molecular weight is 231 g/mol. The average Bonchev–Trinajstić information content (AvgIpc) is 2.20. The van der Waals surface area contributed by atoms with Crippen LogP contribution in [-0.4, -0.2) is 11.9 Å². The third-order valence-corrected chi connectivity index (χ3v) is 2.28. The second kappa shape index (κ2) is 5.09. The Balaban J connectivity index is 2.77. The molecule has 0 spiro atoms. The molecular weight excluding hydrogens is 219 g/mol. The van der Waals surface area contributed by atoms with Crippen molar-refractivity contribution in [1.29, 1.82) is 0 Å². The van der Waals surface area contributed by atoms with E-state index in [9.17, 15) is 9.18 Å². The van der Waals surface area contributed by atoms with Gasteiger partial charge in [-0.05, 0) is 24.6 Å². The molecule has 1 atom stereocenters. The lowest BCUT2D eigenvalue weighted by Gasteiger charge is -2.11. The number of nitrogens with two attached hydrogens (primary N) is 1. The number of benzene rings is 1. The molecule has 0 heterocycles. The Bertz CT molecular complexity index is 370. The Morgan fingerprint density at radius 3 is 2.87 bits per heavy atom. The first-order valence-corrected chi connectivity index (χ1v) is 4.94. The van der Waals surface area contributed by atoms with Crippen LogP contribution in [0, 0.1) is 5.82 Å². The standard InChI is InChI=1S/C10H12ClFN2O/c1-2-8(13)10(15)14-9-4-3-6(12)5-7(9)11/h3-5,8H,2,13H2,1H3,(H,14,15)/t8-/m0/s1. The zero-order chi connectivity index (χ0) is 11.4. The number of nitrogens with one attached hydrogen (secondary N) is 1. The van der Waals surface area contributed by atoms with Gasteiger partial charge in [0.1, 0.15) is 5.82 Å². The minimum Gasteiger partial charge on any atom is -0.323 e. The van der Waals surface area contributed by atoms with Gasteiger partial charge in [0.25, 0.3) is 0 Å². The van der Waals surface area contributed by atoms with E-state index in [-0.39, 0.29) is 10.9 Å². The molecule has 1 amide bonds. The van der Waals surface area contributed by atoms with Gasteiger partial charge in [0.2, 0.25) is 5.91 Å². The number of amides is 1. The number of rotatable bonds is 3. The molecule has 0 aromatic heterocycles. The fraction of sp³-hybridized carbons (Fsp3) is 0.300. The van der Waals surface area contributed by atoms with Gasteiger partial charge in [0.05, 0.1) is 16.8 Å². The van der Waals surface area contributed by atoms with Crippen molar-refractivity contribution < 1.29 is 9.18 Å². The van der Waals surface area contributed by atoms with Gasteiger partial charge in [0.15, 0.2) is 0 Å². The van der Waals surface area contributed by atoms with Crippen molar-refractivity contribution in [1.82, 2.24) is 0 Å². The highest BCUT2D eigenvalue weighted by molar-refractivity contribution is 6.33. The summed E-state index contributed by atoms with van der Waals surface area (Å²) < 4.78 is 12.7. The van der Waals surface area contributed by atoms with Crippen LogP contribution in [0.4, 0.5) is 10.1 Å². The van der Waals surface area contributed by atoms with E-state index in [4.69, 9.17) is 17.3 Å². The molecule has 0 radical (unpaired) electrons. The van der Waals surface area contributed by atoms with Crippen molar-refractivity contribution in [2.24, 2.45) is 5.73 Å². The molecule has 3 N–H and O–H groups in total. The highest BCUT2D eigenvalue weighted by Crippen LogP contribution is 2.22. The molecule has 82 valence electrons. The Morgan fingerprint density at radius 1 is 1.67 bits per heavy atom. The lowest BCUT2D eigenvalue weighted by atomic mass is 10.2. The van der Waals surface area contributed by atoms with Crippen LogP contribution in [0.1, 0.15) is 13.3 Å². The Kier molecular flexibility index (Phi) is 4.05. The highest BCUT2D eigenvalue weighted by atomic mass is 35.5. The number of hydrogen-bond acceptors (Lipinski definition) is 2. The molecule has 0 bridgehead atoms. The Morgan fingerprint density at radius 2 is 2.33 bits per heavy atom. The fourth-order valence-corrected chi connectivity index (χ4v) is 1.22. The molecule has 0 aliphatic carbocycles. The van der Waals surface area contributed by atoms with E-state index in [1.807, 2.05) is 0 Å². The summed E-state index contributed by atoms with van der Waals surface area (Å²) in [7, 11) is 0. The van der Waals surface area contributed by atoms with Crippen LogP contribution in [0.15, 0.2) is 18.2 Å². The van der Waals surface area contributed by atoms with Gasteiger partial charge >= 0.3 is 0 Å². The first-order chi connectivity index (χ1) is 7.04. The van der Waals surface area contributed by atoms with Gasteiger partial charge in [0, 0.05) is 0 Å². The normalized spacial score (nSPS) is 12.3. The number of anilines is 1. The van der Waals surface area contributed by atoms with Crippen LogP contribution in [0.25, 0.3) is 0 Å². The first-order valence-electron chi connectivity index (χ1n) is 4.56. The quantitative estimate of drug-likeness (QED) is 0.836. The molecule has 15 heavy (non-hydrogen) atoms. The van der Waals surface area contributed by atoms with Gasteiger partial charge in [-0.2, -0.15) is 0 Å². The summed E-state index contributed by atoms with van der Waals surface area (Å²) in [5.74, 6) is -0.774. The number of hydrogen-bond donors (Lipinski definition) is 2. The third kappa shape index (κ3) is 3.18. The molecule has 5 heteroatoms. The van der Waals surface area contributed by atoms with Crippen molar-refractivity contribution >= 4 is 23.2 Å². The van der Waals surface area contributed by atoms with Crippen LogP contribution in [0.2, 0.25) is 5.02 Å². The van der Waals surface area contributed by atoms with Gasteiger partial charge in [-0.1, -0.05) is 18.5 Å². The lowest BCUT2D eigenvalue weighted by molar-refractivity contribution is -0.117. The summed E-state index contributed by atoms with van der Waals surface area (Å²) >= 11 is 5.73. The van der Waals surface area contributed by atoms with Crippen LogP contribution >= 0.6 is 11.6 Å². The molecule has 0 unspecified atom stereocenters. The second-order valence-corrected chi connectivity index (χ2v) is 3.54. The van der Waals surface area contributed by atoms with Gasteiger partial charge in [-0.25, -0.2) is 4.39 Å². The van der Waals surface area contributed by atoms with Gasteiger partial charge in [-0.3, -0.25) is 4.79 Å². The summed E-state index contributed by atoms with van der Waals surface area (Å²) in [6, 6.07) is 3.18. The first kappa shape index (κ1) is 11.9. The summed E-state index contributed by atoms with van der Waals surface area (Å²) in [6.45, 7) is 1.80. The number of carbonyl (C=O) groups is 1. The van der Waals surface area contributed by atoms with E-state index in [1.54, 1.807) is 6.92 Å². The Hall–Kier alpha value is -1.13. The highest BCUT2D eigenvalue weighted by Gasteiger charge is 2.12. The predicted molar refractivity (Wildman–Crippen MR) is 58.3 cm³/mol. The van der Waals surface area contributed by atoms with E-state index in [2.05, 4.69) is 5.32 Å². The summed E-state index contributed by atoms with van der Waals surface area (Å²) in [4.78, 5) is 11.4. The van der Waals surface area contributed by atoms with Crippen molar-refractivity contribution in [3.63, 3.8) is 0 Å². The zero-order valence-corrected chi connectivity index (χ0v) is 9.01. The maximum absolute atomic E-state index is 12.7. The number of halogens is 2. The van der Waals surface area contributed by atoms with E-state index >= 15 is 0 Å². The Labute approximate surface area is 92.4 Å². The second-order valence-electron chi connectivity index (χ2n) is 3.13. The zero-order valence-electron chi connectivity index (χ0n) is 8.26. The van der Waals surface area contributed by atoms with Crippen molar-refractivity contribution in [2.75, 3.05) is 5.32 Å². The van der Waals surface area contributed by atoms with Crippen molar-refractivity contribution in [2.45, 2.75) is 19.4 Å². The summed E-state index contributed by atoms with van der Waals surface area (Å²) in [5.41, 5.74) is 5.88. The number of carbonyl (C=O) groups excluding carboxylic acids is 1. The molecule has 3 nitrogen and oxygen atoms in total. The molecule has 0 aliphatic heterocycles. The van der Waals surface area contributed by atoms with E-state index in [0.717, 1.165) is 6.07 Å². The minimum atomic E-state index is -0.578. The molecule has 1 aromatic rings. The molecule has 0 fully saturated rings. The smallest absolute Gasteiger partial charge is 0.241 e. The maximum atomic E-state index is 12.7. The topological polar surface area (TPSA) is 55.1 Å². The molecule has 0 saturated heterocycles. The van der Waals surface area contributed by atoms with Crippen LogP contribution < -0.4 is 11.1 Å². The summed E-state index contributed by atoms with van der Waals surface area (Å²) in [5, 5.41) is 2.68. The monoisotopic (exact) mass is 230 g/mol. The molecule has 1 aromatic carbocycles. The third-order valence-electron chi connectivity index (χ3n) is 1.97. The van der Waals surface area contributed by atoms with Crippen LogP contribution in [0.5, 0.6) is 0 Å². The SMILES string of the molecule is CC[C@H](N)C(=O)Nc1ccc(F)cc1Cl. The minimum absolute atomic E-state index is 0.159. The molecule has 0 aliphatic rings. The van der Waals surface area contributed by atoms with Gasteiger partial charge < -0.3 is 11.1 Å². The van der Waals surface area contributed by atoms with Crippen molar-refractivity contribution in [3.8, 4) is 0 Å². The predicted octanol–water partition coefficient (Wildman–Crippen LogP) is 2.15. The lowest BCUT2D eigenvalue weighted by Crippen LogP contribution is -2.34. The maximum Gasteiger partial charge on any atom is 0.241 e. The van der Waals surface area contributed by atoms with Gasteiger partial charge in [-0.15, -0.1) is 0 Å².